The van der Waals surface area contributed by atoms with Gasteiger partial charge in [-0.05, 0) is 41.6 Å². The van der Waals surface area contributed by atoms with Crippen LogP contribution in [0.25, 0.3) is 5.69 Å². The lowest BCUT2D eigenvalue weighted by atomic mass is 9.91. The number of hydrogen-bond donors (Lipinski definition) is 1. The summed E-state index contributed by atoms with van der Waals surface area (Å²) in [5, 5.41) is 13.6. The van der Waals surface area contributed by atoms with Gasteiger partial charge in [0, 0.05) is 5.41 Å². The molecule has 0 unspecified atom stereocenters. The third-order valence-corrected chi connectivity index (χ3v) is 4.04. The maximum Gasteiger partial charge on any atom is 0.357 e. The number of aromatic nitrogens is 2. The number of halogens is 1. The summed E-state index contributed by atoms with van der Waals surface area (Å²) in [7, 11) is 0. The second kappa shape index (κ2) is 5.20. The molecule has 0 aliphatic rings. The summed E-state index contributed by atoms with van der Waals surface area (Å²) < 4.78 is 2.44. The van der Waals surface area contributed by atoms with Gasteiger partial charge < -0.3 is 5.11 Å². The Hall–Kier alpha value is -1.37. The fourth-order valence-corrected chi connectivity index (χ4v) is 3.43. The van der Waals surface area contributed by atoms with E-state index in [0.717, 1.165) is 16.9 Å². The number of benzene rings is 1. The number of carbonyl (C=O) groups is 1. The zero-order chi connectivity index (χ0) is 15.1. The van der Waals surface area contributed by atoms with Crippen LogP contribution in [0.15, 0.2) is 24.3 Å². The van der Waals surface area contributed by atoms with Crippen molar-refractivity contribution in [3.63, 3.8) is 0 Å². The lowest BCUT2D eigenvalue weighted by Crippen LogP contribution is -2.18. The molecule has 106 valence electrons. The quantitative estimate of drug-likeness (QED) is 0.802. The molecule has 1 heterocycles. The normalized spacial score (nSPS) is 11.7. The highest BCUT2D eigenvalue weighted by molar-refractivity contribution is 14.1. The summed E-state index contributed by atoms with van der Waals surface area (Å²) >= 11 is 2.07. The summed E-state index contributed by atoms with van der Waals surface area (Å²) in [6.45, 7) is 8.19. The Kier molecular flexibility index (Phi) is 3.90. The maximum atomic E-state index is 11.3. The van der Waals surface area contributed by atoms with E-state index >= 15 is 0 Å². The summed E-state index contributed by atoms with van der Waals surface area (Å²) in [5.74, 6) is -0.995. The van der Waals surface area contributed by atoms with E-state index in [2.05, 4.69) is 48.5 Å². The average molecular weight is 384 g/mol. The van der Waals surface area contributed by atoms with Gasteiger partial charge in [-0.15, -0.1) is 0 Å². The van der Waals surface area contributed by atoms with E-state index in [0.29, 0.717) is 3.57 Å². The number of nitrogens with zero attached hydrogens (tertiary/aromatic N) is 2. The Morgan fingerprint density at radius 2 is 1.80 bits per heavy atom. The molecule has 2 aromatic rings. The Balaban J connectivity index is 2.72. The van der Waals surface area contributed by atoms with Crippen LogP contribution in [-0.2, 0) is 5.41 Å². The van der Waals surface area contributed by atoms with Crippen molar-refractivity contribution in [3.8, 4) is 5.69 Å². The van der Waals surface area contributed by atoms with Gasteiger partial charge in [-0.2, -0.15) is 5.10 Å². The van der Waals surface area contributed by atoms with Crippen molar-refractivity contribution in [1.29, 1.82) is 0 Å². The zero-order valence-electron chi connectivity index (χ0n) is 11.9. The average Bonchev–Trinajstić information content (AvgIpc) is 2.67. The van der Waals surface area contributed by atoms with E-state index in [4.69, 9.17) is 0 Å². The topological polar surface area (TPSA) is 55.1 Å². The predicted molar refractivity (Wildman–Crippen MR) is 86.7 cm³/mol. The van der Waals surface area contributed by atoms with E-state index < -0.39 is 5.97 Å². The number of carboxylic acid groups (broad SMARTS) is 1. The smallest absolute Gasteiger partial charge is 0.357 e. The lowest BCUT2D eigenvalue weighted by Gasteiger charge is -2.21. The van der Waals surface area contributed by atoms with E-state index in [-0.39, 0.29) is 11.1 Å². The molecular formula is C15H17IN2O2. The molecule has 0 aliphatic heterocycles. The van der Waals surface area contributed by atoms with Crippen molar-refractivity contribution in [3.05, 3.63) is 44.8 Å². The van der Waals surface area contributed by atoms with Crippen LogP contribution >= 0.6 is 22.6 Å². The number of aryl methyl sites for hydroxylation is 1. The fourth-order valence-electron chi connectivity index (χ4n) is 2.06. The highest BCUT2D eigenvalue weighted by Crippen LogP contribution is 2.31. The van der Waals surface area contributed by atoms with E-state index in [1.54, 1.807) is 4.68 Å². The first-order chi connectivity index (χ1) is 9.21. The van der Waals surface area contributed by atoms with Crippen molar-refractivity contribution < 1.29 is 9.90 Å². The third kappa shape index (κ3) is 2.72. The molecule has 0 radical (unpaired) electrons. The minimum atomic E-state index is -0.995. The fraction of sp³-hybridized carbons (Fsp3) is 0.333. The van der Waals surface area contributed by atoms with Crippen molar-refractivity contribution in [2.45, 2.75) is 33.1 Å². The first kappa shape index (κ1) is 15.0. The van der Waals surface area contributed by atoms with Crippen molar-refractivity contribution >= 4 is 28.6 Å². The van der Waals surface area contributed by atoms with Gasteiger partial charge in [-0.3, -0.25) is 0 Å². The largest absolute Gasteiger partial charge is 0.476 e. The van der Waals surface area contributed by atoms with Crippen LogP contribution in [0.2, 0.25) is 0 Å². The van der Waals surface area contributed by atoms with Crippen LogP contribution in [0.1, 0.15) is 42.5 Å². The molecule has 1 aromatic heterocycles. The summed E-state index contributed by atoms with van der Waals surface area (Å²) in [6.07, 6.45) is 0. The molecule has 0 saturated heterocycles. The van der Waals surface area contributed by atoms with Gasteiger partial charge in [0.05, 0.1) is 15.0 Å². The lowest BCUT2D eigenvalue weighted by molar-refractivity contribution is 0.0689. The first-order valence-corrected chi connectivity index (χ1v) is 7.39. The molecular weight excluding hydrogens is 367 g/mol. The van der Waals surface area contributed by atoms with Crippen LogP contribution < -0.4 is 0 Å². The molecule has 20 heavy (non-hydrogen) atoms. The minimum absolute atomic E-state index is 0.107. The molecule has 0 spiro atoms. The van der Waals surface area contributed by atoms with E-state index in [9.17, 15) is 9.90 Å². The molecule has 1 aromatic carbocycles. The molecule has 0 fully saturated rings. The van der Waals surface area contributed by atoms with Gasteiger partial charge in [0.2, 0.25) is 0 Å². The van der Waals surface area contributed by atoms with Crippen molar-refractivity contribution in [1.82, 2.24) is 9.78 Å². The number of rotatable bonds is 2. The Morgan fingerprint density at radius 1 is 1.25 bits per heavy atom. The van der Waals surface area contributed by atoms with Gasteiger partial charge in [0.25, 0.3) is 0 Å². The second-order valence-electron chi connectivity index (χ2n) is 5.81. The maximum absolute atomic E-state index is 11.3. The summed E-state index contributed by atoms with van der Waals surface area (Å²) in [5.41, 5.74) is 2.87. The standard InChI is InChI=1S/C15H17IN2O2/c1-9-5-7-10(8-6-9)18-13(15(2,3)4)11(16)12(17-18)14(19)20/h5-8H,1-4H3,(H,19,20). The van der Waals surface area contributed by atoms with Gasteiger partial charge in [-0.1, -0.05) is 38.5 Å². The monoisotopic (exact) mass is 384 g/mol. The van der Waals surface area contributed by atoms with Gasteiger partial charge in [0.15, 0.2) is 5.69 Å². The number of aromatic carboxylic acids is 1. The Labute approximate surface area is 132 Å². The molecule has 5 heteroatoms. The van der Waals surface area contributed by atoms with E-state index in [1.807, 2.05) is 31.2 Å². The Morgan fingerprint density at radius 3 is 2.25 bits per heavy atom. The molecule has 2 rings (SSSR count). The van der Waals surface area contributed by atoms with Crippen LogP contribution in [0.5, 0.6) is 0 Å². The number of hydrogen-bond acceptors (Lipinski definition) is 2. The molecule has 0 aliphatic carbocycles. The summed E-state index contributed by atoms with van der Waals surface area (Å²) in [6, 6.07) is 7.91. The van der Waals surface area contributed by atoms with Crippen LogP contribution in [-0.4, -0.2) is 20.9 Å². The molecule has 0 bridgehead atoms. The van der Waals surface area contributed by atoms with Crippen LogP contribution in [0.4, 0.5) is 0 Å². The zero-order valence-corrected chi connectivity index (χ0v) is 14.1. The van der Waals surface area contributed by atoms with Crippen LogP contribution in [0.3, 0.4) is 0 Å². The third-order valence-electron chi connectivity index (χ3n) is 3.02. The summed E-state index contributed by atoms with van der Waals surface area (Å²) in [4.78, 5) is 11.3. The van der Waals surface area contributed by atoms with Gasteiger partial charge in [-0.25, -0.2) is 9.48 Å². The van der Waals surface area contributed by atoms with Gasteiger partial charge >= 0.3 is 5.97 Å². The van der Waals surface area contributed by atoms with Crippen LogP contribution in [0, 0.1) is 10.5 Å². The molecule has 1 N–H and O–H groups in total. The SMILES string of the molecule is Cc1ccc(-n2nc(C(=O)O)c(I)c2C(C)(C)C)cc1. The first-order valence-electron chi connectivity index (χ1n) is 6.31. The molecule has 0 saturated carbocycles. The molecule has 0 atom stereocenters. The highest BCUT2D eigenvalue weighted by Gasteiger charge is 2.29. The van der Waals surface area contributed by atoms with E-state index in [1.165, 1.54) is 0 Å². The van der Waals surface area contributed by atoms with Crippen molar-refractivity contribution in [2.75, 3.05) is 0 Å². The molecule has 0 amide bonds. The highest BCUT2D eigenvalue weighted by atomic mass is 127. The predicted octanol–water partition coefficient (Wildman–Crippen LogP) is 3.78. The minimum Gasteiger partial charge on any atom is -0.476 e. The Bertz CT molecular complexity index is 652. The van der Waals surface area contributed by atoms with Crippen molar-refractivity contribution in [2.24, 2.45) is 0 Å². The second-order valence-corrected chi connectivity index (χ2v) is 6.89. The van der Waals surface area contributed by atoms with Gasteiger partial charge in [0.1, 0.15) is 0 Å². The molecule has 4 nitrogen and oxygen atoms in total. The number of carboxylic acids is 1.